The molecule has 0 aliphatic heterocycles. The lowest BCUT2D eigenvalue weighted by molar-refractivity contribution is 0.0599. The third kappa shape index (κ3) is 2.99. The summed E-state index contributed by atoms with van der Waals surface area (Å²) in [5.74, 6) is -0.973. The van der Waals surface area contributed by atoms with Gasteiger partial charge in [0.25, 0.3) is 11.5 Å². The number of hydrogen-bond acceptors (Lipinski definition) is 5. The molecule has 0 saturated carbocycles. The molecule has 25 heavy (non-hydrogen) atoms. The minimum atomic E-state index is -0.488. The zero-order valence-electron chi connectivity index (χ0n) is 13.6. The van der Waals surface area contributed by atoms with Crippen molar-refractivity contribution in [3.8, 4) is 0 Å². The molecular weight excluding hydrogens is 322 g/mol. The van der Waals surface area contributed by atoms with Crippen LogP contribution in [0.2, 0.25) is 0 Å². The number of rotatable bonds is 3. The molecule has 1 aromatic heterocycles. The second-order valence-electron chi connectivity index (χ2n) is 5.37. The number of aromatic amines is 1. The number of carbonyl (C=O) groups excluding carboxylic acids is 2. The Bertz CT molecular complexity index is 1040. The number of nitrogens with one attached hydrogen (secondary N) is 2. The van der Waals surface area contributed by atoms with Crippen LogP contribution in [-0.4, -0.2) is 29.2 Å². The minimum absolute atomic E-state index is 0.0954. The number of ether oxygens (including phenoxy) is 1. The highest BCUT2D eigenvalue weighted by Crippen LogP contribution is 2.21. The van der Waals surface area contributed by atoms with Gasteiger partial charge in [0, 0.05) is 11.1 Å². The van der Waals surface area contributed by atoms with Crippen LogP contribution in [0.4, 0.5) is 5.69 Å². The van der Waals surface area contributed by atoms with Crippen LogP contribution in [0.5, 0.6) is 0 Å². The maximum atomic E-state index is 12.6. The molecule has 0 unspecified atom stereocenters. The maximum absolute atomic E-state index is 12.6. The zero-order valence-corrected chi connectivity index (χ0v) is 13.6. The molecule has 0 aliphatic rings. The summed E-state index contributed by atoms with van der Waals surface area (Å²) in [6, 6.07) is 11.7. The van der Waals surface area contributed by atoms with E-state index in [1.54, 1.807) is 49.4 Å². The molecule has 0 spiro atoms. The zero-order chi connectivity index (χ0) is 18.0. The molecular formula is C18H15N3O4. The maximum Gasteiger partial charge on any atom is 0.338 e. The Hall–Kier alpha value is -3.48. The lowest BCUT2D eigenvalue weighted by Gasteiger charge is -2.11. The number of benzene rings is 2. The fraction of sp³-hybridized carbons (Fsp3) is 0.111. The van der Waals surface area contributed by atoms with E-state index in [0.29, 0.717) is 27.6 Å². The lowest BCUT2D eigenvalue weighted by Crippen LogP contribution is -2.20. The summed E-state index contributed by atoms with van der Waals surface area (Å²) in [6.45, 7) is 1.71. The molecule has 0 saturated heterocycles. The van der Waals surface area contributed by atoms with Crippen LogP contribution in [0.15, 0.2) is 47.3 Å². The fourth-order valence-electron chi connectivity index (χ4n) is 2.57. The first-order chi connectivity index (χ1) is 12.0. The van der Waals surface area contributed by atoms with E-state index < -0.39 is 11.9 Å². The quantitative estimate of drug-likeness (QED) is 0.714. The van der Waals surface area contributed by atoms with Crippen LogP contribution in [0.3, 0.4) is 0 Å². The number of methoxy groups -OCH3 is 1. The summed E-state index contributed by atoms with van der Waals surface area (Å²) in [4.78, 5) is 36.2. The topological polar surface area (TPSA) is 101 Å². The molecule has 0 bridgehead atoms. The largest absolute Gasteiger partial charge is 0.465 e. The van der Waals surface area contributed by atoms with Gasteiger partial charge in [0.2, 0.25) is 0 Å². The Morgan fingerprint density at radius 2 is 1.80 bits per heavy atom. The number of hydrogen-bond donors (Lipinski definition) is 2. The molecule has 126 valence electrons. The molecule has 1 heterocycles. The minimum Gasteiger partial charge on any atom is -0.465 e. The van der Waals surface area contributed by atoms with Gasteiger partial charge < -0.3 is 10.1 Å². The number of anilines is 1. The number of esters is 1. The van der Waals surface area contributed by atoms with Gasteiger partial charge in [-0.25, -0.2) is 9.89 Å². The fourth-order valence-corrected chi connectivity index (χ4v) is 2.57. The van der Waals surface area contributed by atoms with Crippen molar-refractivity contribution in [3.63, 3.8) is 0 Å². The number of aromatic nitrogens is 2. The highest BCUT2D eigenvalue weighted by atomic mass is 16.5. The molecule has 0 radical (unpaired) electrons. The summed E-state index contributed by atoms with van der Waals surface area (Å²) in [6.07, 6.45) is 0. The average molecular weight is 337 g/mol. The van der Waals surface area contributed by atoms with E-state index in [2.05, 4.69) is 15.5 Å². The van der Waals surface area contributed by atoms with Crippen molar-refractivity contribution in [2.24, 2.45) is 0 Å². The van der Waals surface area contributed by atoms with Gasteiger partial charge in [0.05, 0.1) is 18.1 Å². The van der Waals surface area contributed by atoms with Gasteiger partial charge in [-0.15, -0.1) is 0 Å². The Balaban J connectivity index is 2.01. The molecule has 7 nitrogen and oxygen atoms in total. The third-order valence-corrected chi connectivity index (χ3v) is 3.90. The van der Waals surface area contributed by atoms with Gasteiger partial charge in [-0.3, -0.25) is 9.59 Å². The standard InChI is InChI=1S/C18H15N3O4/c1-10-11(18(24)25-2)8-5-9-14(10)19-17(23)15-12-6-3-4-7-13(12)16(22)21-20-15/h3-9H,1-2H3,(H,19,23)(H,21,22). The van der Waals surface area contributed by atoms with Crippen molar-refractivity contribution in [1.29, 1.82) is 0 Å². The van der Waals surface area contributed by atoms with Gasteiger partial charge in [-0.2, -0.15) is 5.10 Å². The Kier molecular flexibility index (Phi) is 4.30. The summed E-state index contributed by atoms with van der Waals surface area (Å²) in [5.41, 5.74) is 1.13. The predicted molar refractivity (Wildman–Crippen MR) is 92.8 cm³/mol. The van der Waals surface area contributed by atoms with E-state index in [-0.39, 0.29) is 11.3 Å². The van der Waals surface area contributed by atoms with E-state index in [1.807, 2.05) is 0 Å². The highest BCUT2D eigenvalue weighted by Gasteiger charge is 2.17. The van der Waals surface area contributed by atoms with Crippen molar-refractivity contribution < 1.29 is 14.3 Å². The Morgan fingerprint density at radius 1 is 1.08 bits per heavy atom. The SMILES string of the molecule is COC(=O)c1cccc(NC(=O)c2n[nH]c(=O)c3ccccc23)c1C. The van der Waals surface area contributed by atoms with E-state index in [9.17, 15) is 14.4 Å². The van der Waals surface area contributed by atoms with Crippen molar-refractivity contribution >= 4 is 28.3 Å². The molecule has 2 N–H and O–H groups in total. The second kappa shape index (κ2) is 6.56. The van der Waals surface area contributed by atoms with Crippen LogP contribution < -0.4 is 10.9 Å². The molecule has 3 rings (SSSR count). The van der Waals surface area contributed by atoms with E-state index >= 15 is 0 Å². The molecule has 2 aromatic carbocycles. The van der Waals surface area contributed by atoms with Gasteiger partial charge in [-0.1, -0.05) is 24.3 Å². The van der Waals surface area contributed by atoms with Crippen molar-refractivity contribution in [1.82, 2.24) is 10.2 Å². The molecule has 0 aliphatic carbocycles. The van der Waals surface area contributed by atoms with Crippen LogP contribution in [0, 0.1) is 6.92 Å². The Labute approximate surface area is 142 Å². The van der Waals surface area contributed by atoms with Crippen LogP contribution in [0.25, 0.3) is 10.8 Å². The molecule has 0 fully saturated rings. The van der Waals surface area contributed by atoms with Crippen LogP contribution in [-0.2, 0) is 4.74 Å². The monoisotopic (exact) mass is 337 g/mol. The first-order valence-electron chi connectivity index (χ1n) is 7.49. The highest BCUT2D eigenvalue weighted by molar-refractivity contribution is 6.11. The summed E-state index contributed by atoms with van der Waals surface area (Å²) < 4.78 is 4.73. The van der Waals surface area contributed by atoms with Gasteiger partial charge >= 0.3 is 5.97 Å². The number of nitrogens with zero attached hydrogens (tertiary/aromatic N) is 1. The van der Waals surface area contributed by atoms with Crippen molar-refractivity contribution in [3.05, 3.63) is 69.6 Å². The van der Waals surface area contributed by atoms with E-state index in [1.165, 1.54) is 7.11 Å². The smallest absolute Gasteiger partial charge is 0.338 e. The molecule has 3 aromatic rings. The van der Waals surface area contributed by atoms with Gasteiger partial charge in [0.15, 0.2) is 5.69 Å². The normalized spacial score (nSPS) is 10.5. The van der Waals surface area contributed by atoms with Crippen LogP contribution in [0.1, 0.15) is 26.4 Å². The third-order valence-electron chi connectivity index (χ3n) is 3.90. The summed E-state index contributed by atoms with van der Waals surface area (Å²) in [5, 5.41) is 9.74. The van der Waals surface area contributed by atoms with Crippen molar-refractivity contribution in [2.75, 3.05) is 12.4 Å². The number of carbonyl (C=O) groups is 2. The molecule has 0 atom stereocenters. The second-order valence-corrected chi connectivity index (χ2v) is 5.37. The first-order valence-corrected chi connectivity index (χ1v) is 7.49. The van der Waals surface area contributed by atoms with Crippen LogP contribution >= 0.6 is 0 Å². The van der Waals surface area contributed by atoms with E-state index in [0.717, 1.165) is 0 Å². The van der Waals surface area contributed by atoms with Crippen molar-refractivity contribution in [2.45, 2.75) is 6.92 Å². The molecule has 1 amide bonds. The Morgan fingerprint density at radius 3 is 2.52 bits per heavy atom. The van der Waals surface area contributed by atoms with Gasteiger partial charge in [-0.05, 0) is 30.7 Å². The average Bonchev–Trinajstić information content (AvgIpc) is 2.63. The lowest BCUT2D eigenvalue weighted by atomic mass is 10.1. The summed E-state index contributed by atoms with van der Waals surface area (Å²) >= 11 is 0. The number of H-pyrrole nitrogens is 1. The first kappa shape index (κ1) is 16.4. The van der Waals surface area contributed by atoms with Gasteiger partial charge in [0.1, 0.15) is 0 Å². The predicted octanol–water partition coefficient (Wildman–Crippen LogP) is 2.27. The number of amides is 1. The molecule has 7 heteroatoms. The van der Waals surface area contributed by atoms with E-state index in [4.69, 9.17) is 4.74 Å². The summed E-state index contributed by atoms with van der Waals surface area (Å²) in [7, 11) is 1.30. The number of fused-ring (bicyclic) bond motifs is 1.